The average molecular weight is 769 g/mol. The topological polar surface area (TPSA) is 8.17 Å². The molecule has 1 aromatic heterocycles. The lowest BCUT2D eigenvalue weighted by atomic mass is 9.82. The Bertz CT molecular complexity index is 3230. The number of aromatic nitrogens is 1. The third kappa shape index (κ3) is 4.70. The minimum Gasteiger partial charge on any atom is -0.309 e. The zero-order chi connectivity index (χ0) is 40.3. The molecule has 0 saturated carbocycles. The number of rotatable bonds is 5. The highest BCUT2D eigenvalue weighted by molar-refractivity contribution is 6.12. The van der Waals surface area contributed by atoms with Crippen LogP contribution in [0.15, 0.2) is 194 Å². The Labute approximate surface area is 351 Å². The lowest BCUT2D eigenvalue weighted by molar-refractivity contribution is 0.660. The van der Waals surface area contributed by atoms with E-state index in [1.807, 2.05) is 0 Å². The van der Waals surface area contributed by atoms with Gasteiger partial charge in [-0.15, -0.1) is 0 Å². The molecule has 0 N–H and O–H groups in total. The van der Waals surface area contributed by atoms with Crippen LogP contribution in [-0.2, 0) is 10.8 Å². The number of anilines is 3. The molecule has 0 radical (unpaired) electrons. The average Bonchev–Trinajstić information content (AvgIpc) is 3.84. The summed E-state index contributed by atoms with van der Waals surface area (Å²) in [5.74, 6) is 0. The van der Waals surface area contributed by atoms with Crippen molar-refractivity contribution in [1.82, 2.24) is 4.57 Å². The molecular weight excluding hydrogens is 725 g/mol. The summed E-state index contributed by atoms with van der Waals surface area (Å²) in [6, 6.07) is 72.3. The van der Waals surface area contributed by atoms with Crippen molar-refractivity contribution in [3.05, 3.63) is 216 Å². The Morgan fingerprint density at radius 1 is 0.317 bits per heavy atom. The van der Waals surface area contributed by atoms with Gasteiger partial charge < -0.3 is 9.47 Å². The molecule has 0 atom stereocenters. The monoisotopic (exact) mass is 768 g/mol. The zero-order valence-corrected chi connectivity index (χ0v) is 34.4. The molecule has 0 amide bonds. The summed E-state index contributed by atoms with van der Waals surface area (Å²) in [4.78, 5) is 2.60. The molecule has 0 fully saturated rings. The summed E-state index contributed by atoms with van der Waals surface area (Å²) >= 11 is 0. The SMILES string of the molecule is CC1(C)c2ccccc2-c2c(N(c3ccccc3-c3ccc(-n4c5ccccc5c5ccccc54)c4ccccc34)c3cccc4c3-c3ccccc3C4(C)C)cccc21. The van der Waals surface area contributed by atoms with E-state index in [-0.39, 0.29) is 10.8 Å². The lowest BCUT2D eigenvalue weighted by Crippen LogP contribution is -2.17. The fourth-order valence-electron chi connectivity index (χ4n) is 11.0. The van der Waals surface area contributed by atoms with Gasteiger partial charge in [-0.05, 0) is 80.7 Å². The molecule has 0 unspecified atom stereocenters. The Kier molecular flexibility index (Phi) is 7.36. The van der Waals surface area contributed by atoms with Crippen LogP contribution in [0.5, 0.6) is 0 Å². The zero-order valence-electron chi connectivity index (χ0n) is 34.4. The highest BCUT2D eigenvalue weighted by atomic mass is 15.2. The van der Waals surface area contributed by atoms with E-state index in [0.717, 1.165) is 5.69 Å². The maximum absolute atomic E-state index is 2.60. The largest absolute Gasteiger partial charge is 0.309 e. The van der Waals surface area contributed by atoms with Crippen LogP contribution < -0.4 is 4.90 Å². The van der Waals surface area contributed by atoms with Crippen LogP contribution >= 0.6 is 0 Å². The molecule has 2 aliphatic rings. The van der Waals surface area contributed by atoms with Gasteiger partial charge >= 0.3 is 0 Å². The van der Waals surface area contributed by atoms with Crippen molar-refractivity contribution in [2.24, 2.45) is 0 Å². The minimum absolute atomic E-state index is 0.140. The molecule has 286 valence electrons. The first-order chi connectivity index (χ1) is 29.3. The molecule has 9 aromatic carbocycles. The van der Waals surface area contributed by atoms with E-state index in [1.54, 1.807) is 0 Å². The quantitative estimate of drug-likeness (QED) is 0.169. The fraction of sp³-hybridized carbons (Fsp3) is 0.103. The standard InChI is InChI=1S/C58H44N2/c1-57(2)45-26-12-7-24-43(45)55-47(57)28-17-33-53(55)60(54-34-18-29-48-56(54)44-25-8-13-27-46(44)58(48,3)4)49-30-14-9-21-40(49)38-35-36-52(39-20-6-5-19-37(38)39)59-50-31-15-10-22-41(50)42-23-11-16-32-51(42)59/h5-36H,1-4H3. The molecule has 2 aliphatic carbocycles. The normalized spacial score (nSPS) is 14.3. The minimum atomic E-state index is -0.140. The summed E-state index contributed by atoms with van der Waals surface area (Å²) in [5.41, 5.74) is 20.0. The number of hydrogen-bond acceptors (Lipinski definition) is 1. The first-order valence-corrected chi connectivity index (χ1v) is 21.2. The predicted octanol–water partition coefficient (Wildman–Crippen LogP) is 15.7. The molecule has 0 spiro atoms. The van der Waals surface area contributed by atoms with Crippen molar-refractivity contribution >= 4 is 49.6 Å². The van der Waals surface area contributed by atoms with Crippen molar-refractivity contribution in [2.45, 2.75) is 38.5 Å². The fourth-order valence-corrected chi connectivity index (χ4v) is 11.0. The number of benzene rings is 9. The van der Waals surface area contributed by atoms with Gasteiger partial charge in [0.25, 0.3) is 0 Å². The highest BCUT2D eigenvalue weighted by Crippen LogP contribution is 2.59. The van der Waals surface area contributed by atoms with Crippen molar-refractivity contribution in [2.75, 3.05) is 4.90 Å². The molecule has 1 heterocycles. The number of para-hydroxylation sites is 3. The van der Waals surface area contributed by atoms with Gasteiger partial charge in [-0.3, -0.25) is 0 Å². The second-order valence-electron chi connectivity index (χ2n) is 17.6. The van der Waals surface area contributed by atoms with Crippen LogP contribution in [-0.4, -0.2) is 4.57 Å². The summed E-state index contributed by atoms with van der Waals surface area (Å²) in [6.45, 7) is 9.51. The molecule has 2 heteroatoms. The van der Waals surface area contributed by atoms with Gasteiger partial charge in [-0.25, -0.2) is 0 Å². The predicted molar refractivity (Wildman–Crippen MR) is 254 cm³/mol. The van der Waals surface area contributed by atoms with Crippen molar-refractivity contribution in [3.63, 3.8) is 0 Å². The maximum Gasteiger partial charge on any atom is 0.0543 e. The lowest BCUT2D eigenvalue weighted by Gasteiger charge is -2.32. The first kappa shape index (κ1) is 34.8. The van der Waals surface area contributed by atoms with Crippen LogP contribution in [0.4, 0.5) is 17.1 Å². The van der Waals surface area contributed by atoms with Crippen LogP contribution in [0, 0.1) is 0 Å². The van der Waals surface area contributed by atoms with Gasteiger partial charge in [-0.2, -0.15) is 0 Å². The van der Waals surface area contributed by atoms with E-state index >= 15 is 0 Å². The maximum atomic E-state index is 2.60. The van der Waals surface area contributed by atoms with Gasteiger partial charge in [-0.1, -0.05) is 185 Å². The summed E-state index contributed by atoms with van der Waals surface area (Å²) in [7, 11) is 0. The van der Waals surface area contributed by atoms with E-state index in [9.17, 15) is 0 Å². The smallest absolute Gasteiger partial charge is 0.0543 e. The van der Waals surface area contributed by atoms with Crippen LogP contribution in [0.3, 0.4) is 0 Å². The first-order valence-electron chi connectivity index (χ1n) is 21.2. The number of hydrogen-bond donors (Lipinski definition) is 0. The second-order valence-corrected chi connectivity index (χ2v) is 17.6. The number of nitrogens with zero attached hydrogens (tertiary/aromatic N) is 2. The molecule has 0 bridgehead atoms. The van der Waals surface area contributed by atoms with Gasteiger partial charge in [0.1, 0.15) is 0 Å². The van der Waals surface area contributed by atoms with Gasteiger partial charge in [0.05, 0.1) is 33.8 Å². The molecule has 10 aromatic rings. The molecule has 0 aliphatic heterocycles. The van der Waals surface area contributed by atoms with E-state index in [2.05, 4.69) is 231 Å². The summed E-state index contributed by atoms with van der Waals surface area (Å²) in [6.07, 6.45) is 0. The Hall–Kier alpha value is -7.16. The third-order valence-electron chi connectivity index (χ3n) is 13.8. The van der Waals surface area contributed by atoms with Gasteiger partial charge in [0.15, 0.2) is 0 Å². The third-order valence-corrected chi connectivity index (χ3v) is 13.8. The van der Waals surface area contributed by atoms with Crippen molar-refractivity contribution in [1.29, 1.82) is 0 Å². The number of fused-ring (bicyclic) bond motifs is 10. The molecule has 0 saturated heterocycles. The molecule has 2 nitrogen and oxygen atoms in total. The summed E-state index contributed by atoms with van der Waals surface area (Å²) < 4.78 is 2.45. The molecular formula is C58H44N2. The van der Waals surface area contributed by atoms with E-state index < -0.39 is 0 Å². The highest BCUT2D eigenvalue weighted by Gasteiger charge is 2.41. The van der Waals surface area contributed by atoms with Gasteiger partial charge in [0, 0.05) is 43.7 Å². The molecule has 12 rings (SSSR count). The van der Waals surface area contributed by atoms with Gasteiger partial charge in [0.2, 0.25) is 0 Å². The summed E-state index contributed by atoms with van der Waals surface area (Å²) in [5, 5.41) is 4.97. The molecule has 60 heavy (non-hydrogen) atoms. The van der Waals surface area contributed by atoms with Crippen LogP contribution in [0.2, 0.25) is 0 Å². The van der Waals surface area contributed by atoms with Crippen LogP contribution in [0.25, 0.3) is 71.6 Å². The van der Waals surface area contributed by atoms with E-state index in [4.69, 9.17) is 0 Å². The van der Waals surface area contributed by atoms with Crippen molar-refractivity contribution in [3.8, 4) is 39.1 Å². The van der Waals surface area contributed by atoms with E-state index in [0.29, 0.717) is 0 Å². The van der Waals surface area contributed by atoms with Crippen molar-refractivity contribution < 1.29 is 0 Å². The Morgan fingerprint density at radius 2 is 0.733 bits per heavy atom. The Morgan fingerprint density at radius 3 is 1.30 bits per heavy atom. The Balaban J connectivity index is 1.16. The second kappa shape index (κ2) is 12.7. The van der Waals surface area contributed by atoms with E-state index in [1.165, 1.54) is 105 Å². The van der Waals surface area contributed by atoms with Crippen LogP contribution in [0.1, 0.15) is 49.9 Å².